The molecule has 19 heavy (non-hydrogen) atoms. The van der Waals surface area contributed by atoms with Crippen molar-refractivity contribution in [3.63, 3.8) is 0 Å². The molecule has 3 rings (SSSR count). The van der Waals surface area contributed by atoms with Crippen molar-refractivity contribution in [2.24, 2.45) is 11.7 Å². The summed E-state index contributed by atoms with van der Waals surface area (Å²) in [5.74, 6) is 1.78. The molecule has 4 nitrogen and oxygen atoms in total. The molecule has 2 aromatic rings. The lowest BCUT2D eigenvalue weighted by molar-refractivity contribution is 0.509. The molecule has 3 N–H and O–H groups in total. The van der Waals surface area contributed by atoms with E-state index in [9.17, 15) is 0 Å². The second-order valence-electron chi connectivity index (χ2n) is 5.32. The third-order valence-electron chi connectivity index (χ3n) is 3.77. The van der Waals surface area contributed by atoms with E-state index in [-0.39, 0.29) is 0 Å². The fraction of sp³-hybridized carbons (Fsp3) is 0.571. The number of aryl methyl sites for hydroxylation is 1. The van der Waals surface area contributed by atoms with Gasteiger partial charge in [-0.2, -0.15) is 0 Å². The molecule has 2 heterocycles. The average molecular weight is 276 g/mol. The average Bonchev–Trinajstić information content (AvgIpc) is 2.77. The molecular weight excluding hydrogens is 256 g/mol. The van der Waals surface area contributed by atoms with Gasteiger partial charge < -0.3 is 11.1 Å². The number of aromatic nitrogens is 2. The van der Waals surface area contributed by atoms with E-state index in [4.69, 9.17) is 5.73 Å². The van der Waals surface area contributed by atoms with Crippen molar-refractivity contribution >= 4 is 27.4 Å². The third-order valence-corrected chi connectivity index (χ3v) is 4.93. The molecule has 0 spiro atoms. The van der Waals surface area contributed by atoms with Crippen LogP contribution in [0.4, 0.5) is 5.82 Å². The van der Waals surface area contributed by atoms with Crippen LogP contribution in [0.15, 0.2) is 6.33 Å². The van der Waals surface area contributed by atoms with Crippen molar-refractivity contribution < 1.29 is 0 Å². The zero-order chi connectivity index (χ0) is 13.2. The number of rotatable bonds is 4. The molecule has 0 amide bonds. The second-order valence-corrected chi connectivity index (χ2v) is 6.41. The predicted molar refractivity (Wildman–Crippen MR) is 80.8 cm³/mol. The number of hydrogen-bond acceptors (Lipinski definition) is 5. The van der Waals surface area contributed by atoms with Crippen LogP contribution in [0.1, 0.15) is 30.2 Å². The zero-order valence-electron chi connectivity index (χ0n) is 11.3. The lowest BCUT2D eigenvalue weighted by atomic mass is 9.89. The summed E-state index contributed by atoms with van der Waals surface area (Å²) in [4.78, 5) is 11.5. The smallest absolute Gasteiger partial charge is 0.138 e. The molecule has 1 atom stereocenters. The van der Waals surface area contributed by atoms with Crippen LogP contribution in [-0.2, 0) is 12.8 Å². The Bertz CT molecular complexity index is 578. The maximum Gasteiger partial charge on any atom is 0.138 e. The molecule has 102 valence electrons. The Labute approximate surface area is 117 Å². The van der Waals surface area contributed by atoms with Crippen LogP contribution in [0.5, 0.6) is 0 Å². The van der Waals surface area contributed by atoms with Crippen molar-refractivity contribution in [2.45, 2.75) is 32.6 Å². The van der Waals surface area contributed by atoms with Gasteiger partial charge in [0, 0.05) is 11.4 Å². The highest BCUT2D eigenvalue weighted by atomic mass is 32.1. The molecule has 1 aliphatic rings. The van der Waals surface area contributed by atoms with Crippen LogP contribution in [0.25, 0.3) is 10.2 Å². The van der Waals surface area contributed by atoms with E-state index in [0.717, 1.165) is 36.0 Å². The SMILES string of the molecule is CC1CCc2c(sc3ncnc(NCCCN)c23)C1. The maximum absolute atomic E-state index is 5.54. The Morgan fingerprint density at radius 2 is 2.37 bits per heavy atom. The highest BCUT2D eigenvalue weighted by Gasteiger charge is 2.22. The fourth-order valence-corrected chi connectivity index (χ4v) is 4.07. The first-order chi connectivity index (χ1) is 9.29. The van der Waals surface area contributed by atoms with Gasteiger partial charge in [-0.05, 0) is 43.7 Å². The quantitative estimate of drug-likeness (QED) is 0.842. The number of fused-ring (bicyclic) bond motifs is 3. The molecule has 5 heteroatoms. The van der Waals surface area contributed by atoms with Crippen LogP contribution in [0.3, 0.4) is 0 Å². The Hall–Kier alpha value is -1.20. The van der Waals surface area contributed by atoms with E-state index < -0.39 is 0 Å². The Balaban J connectivity index is 1.99. The van der Waals surface area contributed by atoms with Gasteiger partial charge in [0.2, 0.25) is 0 Å². The summed E-state index contributed by atoms with van der Waals surface area (Å²) in [7, 11) is 0. The van der Waals surface area contributed by atoms with Gasteiger partial charge in [0.05, 0.1) is 5.39 Å². The number of anilines is 1. The lowest BCUT2D eigenvalue weighted by Crippen LogP contribution is -2.11. The summed E-state index contributed by atoms with van der Waals surface area (Å²) in [5.41, 5.74) is 7.02. The highest BCUT2D eigenvalue weighted by Crippen LogP contribution is 2.39. The van der Waals surface area contributed by atoms with Gasteiger partial charge in [0.25, 0.3) is 0 Å². The fourth-order valence-electron chi connectivity index (χ4n) is 2.72. The van der Waals surface area contributed by atoms with E-state index in [1.807, 2.05) is 11.3 Å². The number of nitrogens with two attached hydrogens (primary N) is 1. The van der Waals surface area contributed by atoms with Crippen molar-refractivity contribution in [1.82, 2.24) is 9.97 Å². The highest BCUT2D eigenvalue weighted by molar-refractivity contribution is 7.19. The summed E-state index contributed by atoms with van der Waals surface area (Å²) in [6.45, 7) is 3.92. The minimum atomic E-state index is 0.709. The van der Waals surface area contributed by atoms with Crippen LogP contribution in [0, 0.1) is 5.92 Å². The molecule has 0 fully saturated rings. The predicted octanol–water partition coefficient (Wildman–Crippen LogP) is 2.58. The number of nitrogens with one attached hydrogen (secondary N) is 1. The van der Waals surface area contributed by atoms with E-state index in [1.54, 1.807) is 6.33 Å². The normalized spacial score (nSPS) is 18.5. The molecular formula is C14H20N4S. The molecule has 2 aromatic heterocycles. The second kappa shape index (κ2) is 5.43. The molecule has 0 bridgehead atoms. The molecule has 0 aromatic carbocycles. The van der Waals surface area contributed by atoms with E-state index in [1.165, 1.54) is 28.7 Å². The van der Waals surface area contributed by atoms with Crippen LogP contribution < -0.4 is 11.1 Å². The van der Waals surface area contributed by atoms with Gasteiger partial charge in [-0.1, -0.05) is 6.92 Å². The Morgan fingerprint density at radius 1 is 1.47 bits per heavy atom. The van der Waals surface area contributed by atoms with Crippen LogP contribution >= 0.6 is 11.3 Å². The Morgan fingerprint density at radius 3 is 3.21 bits per heavy atom. The van der Waals surface area contributed by atoms with Crippen molar-refractivity contribution in [1.29, 1.82) is 0 Å². The van der Waals surface area contributed by atoms with Crippen molar-refractivity contribution in [3.8, 4) is 0 Å². The number of nitrogens with zero attached hydrogens (tertiary/aromatic N) is 2. The molecule has 0 radical (unpaired) electrons. The van der Waals surface area contributed by atoms with Crippen molar-refractivity contribution in [3.05, 3.63) is 16.8 Å². The third kappa shape index (κ3) is 2.44. The van der Waals surface area contributed by atoms with Crippen molar-refractivity contribution in [2.75, 3.05) is 18.4 Å². The summed E-state index contributed by atoms with van der Waals surface area (Å²) in [5, 5.41) is 4.67. The van der Waals surface area contributed by atoms with E-state index >= 15 is 0 Å². The first-order valence-electron chi connectivity index (χ1n) is 6.98. The van der Waals surface area contributed by atoms with E-state index in [2.05, 4.69) is 22.2 Å². The standard InChI is InChI=1S/C14H20N4S/c1-9-3-4-10-11(7-9)19-14-12(10)13(17-8-18-14)16-6-2-5-15/h8-9H,2-7,15H2,1H3,(H,16,17,18). The monoisotopic (exact) mass is 276 g/mol. The van der Waals surface area contributed by atoms with Gasteiger partial charge in [0.15, 0.2) is 0 Å². The van der Waals surface area contributed by atoms with Gasteiger partial charge in [0.1, 0.15) is 17.0 Å². The van der Waals surface area contributed by atoms with Gasteiger partial charge >= 0.3 is 0 Å². The topological polar surface area (TPSA) is 63.8 Å². The summed E-state index contributed by atoms with van der Waals surface area (Å²) in [6.07, 6.45) is 6.26. The number of hydrogen-bond donors (Lipinski definition) is 2. The minimum Gasteiger partial charge on any atom is -0.369 e. The van der Waals surface area contributed by atoms with E-state index in [0.29, 0.717) is 6.54 Å². The first kappa shape index (κ1) is 12.8. The molecule has 0 aliphatic heterocycles. The molecule has 0 saturated carbocycles. The maximum atomic E-state index is 5.54. The molecule has 1 aliphatic carbocycles. The summed E-state index contributed by atoms with van der Waals surface area (Å²) in [6, 6.07) is 0. The summed E-state index contributed by atoms with van der Waals surface area (Å²) < 4.78 is 0. The lowest BCUT2D eigenvalue weighted by Gasteiger charge is -2.18. The van der Waals surface area contributed by atoms with Crippen LogP contribution in [0.2, 0.25) is 0 Å². The van der Waals surface area contributed by atoms with Gasteiger partial charge in [-0.3, -0.25) is 0 Å². The Kier molecular flexibility index (Phi) is 3.66. The van der Waals surface area contributed by atoms with Gasteiger partial charge in [-0.15, -0.1) is 11.3 Å². The first-order valence-corrected chi connectivity index (χ1v) is 7.80. The minimum absolute atomic E-state index is 0.709. The number of thiophene rings is 1. The van der Waals surface area contributed by atoms with Gasteiger partial charge in [-0.25, -0.2) is 9.97 Å². The zero-order valence-corrected chi connectivity index (χ0v) is 12.1. The largest absolute Gasteiger partial charge is 0.369 e. The molecule has 0 saturated heterocycles. The summed E-state index contributed by atoms with van der Waals surface area (Å²) >= 11 is 1.84. The molecule has 1 unspecified atom stereocenters. The van der Waals surface area contributed by atoms with Crippen LogP contribution in [-0.4, -0.2) is 23.1 Å².